The lowest BCUT2D eigenvalue weighted by Gasteiger charge is -2.64. The largest absolute Gasteiger partial charge is 0.475 e. The second-order valence-corrected chi connectivity index (χ2v) is 23.8. The second kappa shape index (κ2) is 7.81. The number of benzene rings is 1. The van der Waals surface area contributed by atoms with Gasteiger partial charge in [0, 0.05) is 5.94 Å². The van der Waals surface area contributed by atoms with E-state index in [-0.39, 0.29) is 24.8 Å². The van der Waals surface area contributed by atoms with E-state index in [2.05, 4.69) is 96.3 Å². The van der Waals surface area contributed by atoms with E-state index in [0.717, 1.165) is 18.8 Å². The Morgan fingerprint density at radius 2 is 1.66 bits per heavy atom. The van der Waals surface area contributed by atoms with Gasteiger partial charge >= 0.3 is 7.12 Å². The van der Waals surface area contributed by atoms with Crippen molar-refractivity contribution >= 4 is 23.6 Å². The van der Waals surface area contributed by atoms with Crippen molar-refractivity contribution in [1.82, 2.24) is 4.23 Å². The van der Waals surface area contributed by atoms with Gasteiger partial charge in [0.05, 0.1) is 11.7 Å². The molecule has 3 saturated carbocycles. The van der Waals surface area contributed by atoms with Gasteiger partial charge in [-0.3, -0.25) is 0 Å². The lowest BCUT2D eigenvalue weighted by Crippen LogP contribution is -2.68. The highest BCUT2D eigenvalue weighted by molar-refractivity contribution is 6.90. The molecule has 0 spiro atoms. The van der Waals surface area contributed by atoms with E-state index in [1.807, 2.05) is 0 Å². The van der Waals surface area contributed by atoms with E-state index in [9.17, 15) is 0 Å². The van der Waals surface area contributed by atoms with Crippen LogP contribution in [0.2, 0.25) is 39.3 Å². The van der Waals surface area contributed by atoms with Gasteiger partial charge in [-0.25, -0.2) is 0 Å². The highest BCUT2D eigenvalue weighted by Crippen LogP contribution is 2.66. The summed E-state index contributed by atoms with van der Waals surface area (Å²) in [6.07, 6.45) is 3.72. The number of rotatable bonds is 6. The highest BCUT2D eigenvalue weighted by Gasteiger charge is 2.69. The summed E-state index contributed by atoms with van der Waals surface area (Å²) >= 11 is 0. The third-order valence-corrected chi connectivity index (χ3v) is 16.6. The van der Waals surface area contributed by atoms with Crippen LogP contribution in [0.4, 0.5) is 0 Å². The van der Waals surface area contributed by atoms with Gasteiger partial charge in [0.15, 0.2) is 0 Å². The minimum atomic E-state index is -1.61. The summed E-state index contributed by atoms with van der Waals surface area (Å²) in [7, 11) is -3.36. The Morgan fingerprint density at radius 1 is 1.03 bits per heavy atom. The third kappa shape index (κ3) is 4.02. The SMILES string of the molecule is Cc1ccc(CC(B2O[C@@H]3C[C@@H]4C[C@@H](C4(C)C)[C@]3(C)O2)N([Si](C)(C)C)[Si](C)(C)C)c(C)c1. The first-order chi connectivity index (χ1) is 14.5. The molecule has 178 valence electrons. The van der Waals surface area contributed by atoms with Crippen LogP contribution in [0.25, 0.3) is 0 Å². The van der Waals surface area contributed by atoms with Crippen LogP contribution in [0.1, 0.15) is 50.3 Å². The lowest BCUT2D eigenvalue weighted by atomic mass is 9.43. The summed E-state index contributed by atoms with van der Waals surface area (Å²) in [5, 5.41) is 0. The van der Waals surface area contributed by atoms with Crippen LogP contribution in [-0.2, 0) is 15.7 Å². The summed E-state index contributed by atoms with van der Waals surface area (Å²) in [4.78, 5) is 0. The molecule has 1 unspecified atom stereocenters. The molecule has 0 N–H and O–H groups in total. The molecule has 1 aromatic carbocycles. The van der Waals surface area contributed by atoms with Crippen LogP contribution in [0.5, 0.6) is 0 Å². The molecule has 4 aliphatic rings. The van der Waals surface area contributed by atoms with Crippen molar-refractivity contribution in [2.24, 2.45) is 17.3 Å². The van der Waals surface area contributed by atoms with Crippen molar-refractivity contribution in [3.05, 3.63) is 34.9 Å². The lowest BCUT2D eigenvalue weighted by molar-refractivity contribution is -0.199. The summed E-state index contributed by atoms with van der Waals surface area (Å²) in [6, 6.07) is 6.93. The zero-order valence-corrected chi connectivity index (χ0v) is 24.5. The number of hydrogen-bond acceptors (Lipinski definition) is 3. The van der Waals surface area contributed by atoms with Crippen molar-refractivity contribution in [1.29, 1.82) is 0 Å². The van der Waals surface area contributed by atoms with Crippen LogP contribution < -0.4 is 0 Å². The molecule has 1 heterocycles. The molecule has 5 rings (SSSR count). The minimum Gasteiger partial charge on any atom is -0.404 e. The van der Waals surface area contributed by atoms with Gasteiger partial charge in [0.25, 0.3) is 0 Å². The van der Waals surface area contributed by atoms with Gasteiger partial charge < -0.3 is 13.5 Å². The Hall–Kier alpha value is -0.401. The number of aryl methyl sites for hydroxylation is 2. The quantitative estimate of drug-likeness (QED) is 0.445. The van der Waals surface area contributed by atoms with Gasteiger partial charge in [-0.1, -0.05) is 76.9 Å². The molecule has 1 aliphatic heterocycles. The van der Waals surface area contributed by atoms with E-state index in [1.165, 1.54) is 23.1 Å². The first kappa shape index (κ1) is 24.7. The molecule has 3 nitrogen and oxygen atoms in total. The molecule has 6 heteroatoms. The number of nitrogens with zero attached hydrogens (tertiary/aromatic N) is 1. The normalized spacial score (nSPS) is 32.6. The first-order valence-corrected chi connectivity index (χ1v) is 19.6. The van der Waals surface area contributed by atoms with E-state index >= 15 is 0 Å². The molecular formula is C26H46BNO2Si2. The molecule has 0 amide bonds. The fourth-order valence-electron chi connectivity index (χ4n) is 7.67. The molecule has 5 atom stereocenters. The van der Waals surface area contributed by atoms with Crippen LogP contribution in [-0.4, -0.2) is 45.5 Å². The van der Waals surface area contributed by atoms with Gasteiger partial charge in [0.1, 0.15) is 16.5 Å². The standard InChI is InChI=1S/C26H46BNO2Si2/c1-18-12-13-20(19(2)14-18)15-24(28(31(6,7)8)32(9,10)11)27-29-23-17-21-16-22(25(21,3)4)26(23,5)30-27/h12-14,21-24H,15-17H2,1-11H3/t21-,22-,23+,24?,26-/m0/s1. The van der Waals surface area contributed by atoms with E-state index in [4.69, 9.17) is 9.31 Å². The van der Waals surface area contributed by atoms with Crippen LogP contribution in [0.3, 0.4) is 0 Å². The van der Waals surface area contributed by atoms with Crippen LogP contribution >= 0.6 is 0 Å². The Kier molecular flexibility index (Phi) is 6.03. The van der Waals surface area contributed by atoms with Gasteiger partial charge in [-0.05, 0) is 68.4 Å². The average molecular weight is 472 g/mol. The molecule has 0 radical (unpaired) electrons. The zero-order chi connectivity index (χ0) is 23.9. The van der Waals surface area contributed by atoms with Crippen molar-refractivity contribution in [2.45, 2.75) is 111 Å². The van der Waals surface area contributed by atoms with Gasteiger partial charge in [-0.15, -0.1) is 0 Å². The van der Waals surface area contributed by atoms with E-state index in [0.29, 0.717) is 11.3 Å². The smallest absolute Gasteiger partial charge is 0.404 e. The van der Waals surface area contributed by atoms with Crippen LogP contribution in [0, 0.1) is 31.1 Å². The predicted molar refractivity (Wildman–Crippen MR) is 142 cm³/mol. The minimum absolute atomic E-state index is 0.140. The molecule has 2 bridgehead atoms. The Bertz CT molecular complexity index is 864. The monoisotopic (exact) mass is 471 g/mol. The zero-order valence-electron chi connectivity index (χ0n) is 22.5. The van der Waals surface area contributed by atoms with Crippen LogP contribution in [0.15, 0.2) is 18.2 Å². The van der Waals surface area contributed by atoms with Gasteiger partial charge in [-0.2, -0.15) is 0 Å². The number of hydrogen-bond donors (Lipinski definition) is 0. The fourth-order valence-corrected chi connectivity index (χ4v) is 18.1. The molecule has 3 aliphatic carbocycles. The molecular weight excluding hydrogens is 425 g/mol. The Labute approximate surface area is 200 Å². The molecule has 32 heavy (non-hydrogen) atoms. The average Bonchev–Trinajstić information content (AvgIpc) is 2.97. The Morgan fingerprint density at radius 3 is 2.19 bits per heavy atom. The van der Waals surface area contributed by atoms with Crippen molar-refractivity contribution in [2.75, 3.05) is 0 Å². The van der Waals surface area contributed by atoms with Crippen molar-refractivity contribution in [3.63, 3.8) is 0 Å². The first-order valence-electron chi connectivity index (χ1n) is 12.7. The predicted octanol–water partition coefficient (Wildman–Crippen LogP) is 6.45. The summed E-state index contributed by atoms with van der Waals surface area (Å²) < 4.78 is 16.9. The maximum Gasteiger partial charge on any atom is 0.475 e. The summed E-state index contributed by atoms with van der Waals surface area (Å²) in [5.41, 5.74) is 4.41. The molecule has 1 aromatic rings. The summed E-state index contributed by atoms with van der Waals surface area (Å²) in [5.74, 6) is 1.67. The van der Waals surface area contributed by atoms with E-state index in [1.54, 1.807) is 0 Å². The second-order valence-electron chi connectivity index (χ2n) is 13.8. The fraction of sp³-hybridized carbons (Fsp3) is 0.769. The topological polar surface area (TPSA) is 21.7 Å². The van der Waals surface area contributed by atoms with Crippen molar-refractivity contribution in [3.8, 4) is 0 Å². The Balaban J connectivity index is 1.71. The summed E-state index contributed by atoms with van der Waals surface area (Å²) in [6.45, 7) is 26.7. The molecule has 4 fully saturated rings. The maximum absolute atomic E-state index is 7.09. The maximum atomic E-state index is 7.09. The molecule has 1 saturated heterocycles. The third-order valence-electron chi connectivity index (χ3n) is 8.99. The van der Waals surface area contributed by atoms with Gasteiger partial charge in [0.2, 0.25) is 0 Å². The van der Waals surface area contributed by atoms with E-state index < -0.39 is 16.5 Å². The van der Waals surface area contributed by atoms with Crippen molar-refractivity contribution < 1.29 is 9.31 Å². The highest BCUT2D eigenvalue weighted by atomic mass is 28.4. The molecule has 0 aromatic heterocycles.